The van der Waals surface area contributed by atoms with E-state index < -0.39 is 6.10 Å². The first kappa shape index (κ1) is 18.4. The summed E-state index contributed by atoms with van der Waals surface area (Å²) in [6.07, 6.45) is 2.78. The van der Waals surface area contributed by atoms with Gasteiger partial charge in [0.15, 0.2) is 0 Å². The number of nitrogens with zero attached hydrogens (tertiary/aromatic N) is 3. The van der Waals surface area contributed by atoms with Crippen LogP contribution in [0.15, 0.2) is 53.6 Å². The van der Waals surface area contributed by atoms with Gasteiger partial charge in [-0.25, -0.2) is 4.98 Å². The highest BCUT2D eigenvalue weighted by atomic mass is 16.3. The average Bonchev–Trinajstić information content (AvgIpc) is 2.99. The summed E-state index contributed by atoms with van der Waals surface area (Å²) in [6, 6.07) is 11.4. The molecule has 0 saturated carbocycles. The first-order chi connectivity index (χ1) is 13.3. The van der Waals surface area contributed by atoms with E-state index in [1.54, 1.807) is 17.0 Å². The normalized spacial score (nSPS) is 15.7. The topological polar surface area (TPSA) is 80.0 Å². The van der Waals surface area contributed by atoms with Gasteiger partial charge < -0.3 is 10.4 Å². The predicted molar refractivity (Wildman–Crippen MR) is 109 cm³/mol. The lowest BCUT2D eigenvalue weighted by atomic mass is 9.98. The highest BCUT2D eigenvalue weighted by Crippen LogP contribution is 2.29. The number of benzene rings is 1. The van der Waals surface area contributed by atoms with Crippen LogP contribution >= 0.6 is 0 Å². The highest BCUT2D eigenvalue weighted by Gasteiger charge is 2.32. The van der Waals surface area contributed by atoms with Gasteiger partial charge >= 0.3 is 0 Å². The fraction of sp³-hybridized carbons (Fsp3) is 0.318. The summed E-state index contributed by atoms with van der Waals surface area (Å²) in [5.74, 6) is 0.565. The van der Waals surface area contributed by atoms with Gasteiger partial charge in [-0.15, -0.1) is 0 Å². The molecule has 0 spiro atoms. The molecule has 1 aromatic carbocycles. The first-order valence-corrected chi connectivity index (χ1v) is 9.41. The number of aliphatic hydroxyl groups excluding tert-OH is 1. The van der Waals surface area contributed by atoms with Gasteiger partial charge in [0.2, 0.25) is 5.95 Å². The molecule has 6 nitrogen and oxygen atoms in total. The summed E-state index contributed by atoms with van der Waals surface area (Å²) in [5.41, 5.74) is 3.48. The summed E-state index contributed by atoms with van der Waals surface area (Å²) in [5, 5.41) is 14.1. The maximum atomic E-state index is 13.3. The molecule has 0 saturated heterocycles. The Hall–Kier alpha value is -2.99. The van der Waals surface area contributed by atoms with Crippen LogP contribution in [0.25, 0.3) is 11.3 Å². The molecule has 4 rings (SSSR count). The fourth-order valence-electron chi connectivity index (χ4n) is 3.61. The van der Waals surface area contributed by atoms with Crippen molar-refractivity contribution in [1.82, 2.24) is 14.5 Å². The smallest absolute Gasteiger partial charge is 0.258 e. The number of aliphatic hydroxyl groups is 1. The van der Waals surface area contributed by atoms with Gasteiger partial charge in [-0.2, -0.15) is 0 Å². The van der Waals surface area contributed by atoms with E-state index in [0.29, 0.717) is 23.8 Å². The van der Waals surface area contributed by atoms with E-state index >= 15 is 0 Å². The molecule has 28 heavy (non-hydrogen) atoms. The minimum Gasteiger partial charge on any atom is -0.388 e. The number of aryl methyl sites for hydroxylation is 1. The van der Waals surface area contributed by atoms with Crippen molar-refractivity contribution >= 4 is 5.95 Å². The number of anilines is 1. The highest BCUT2D eigenvalue weighted by molar-refractivity contribution is 5.64. The Bertz CT molecular complexity index is 1060. The minimum absolute atomic E-state index is 0.110. The van der Waals surface area contributed by atoms with Gasteiger partial charge in [0.25, 0.3) is 5.56 Å². The zero-order chi connectivity index (χ0) is 19.9. The molecule has 2 aromatic heterocycles. The Morgan fingerprint density at radius 1 is 1.18 bits per heavy atom. The summed E-state index contributed by atoms with van der Waals surface area (Å²) < 4.78 is 1.67. The standard InChI is InChI=1S/C22H24N4O2/c1-14-4-6-15(7-5-14)18(27)12-17-19(16-8-10-23-11-9-16)24-21-25-22(2,3)13-26(21)20(17)28/h4-11,18,27H,12-13H2,1-3H3,(H,24,25). The number of aromatic nitrogens is 3. The van der Waals surface area contributed by atoms with Crippen LogP contribution in [0.4, 0.5) is 5.95 Å². The quantitative estimate of drug-likeness (QED) is 0.731. The van der Waals surface area contributed by atoms with E-state index in [4.69, 9.17) is 4.98 Å². The van der Waals surface area contributed by atoms with E-state index in [1.807, 2.05) is 57.2 Å². The second-order valence-electron chi connectivity index (χ2n) is 8.03. The molecular formula is C22H24N4O2. The van der Waals surface area contributed by atoms with Crippen LogP contribution in [-0.4, -0.2) is 25.2 Å². The Morgan fingerprint density at radius 3 is 2.54 bits per heavy atom. The molecule has 3 aromatic rings. The molecule has 144 valence electrons. The number of hydrogen-bond acceptors (Lipinski definition) is 5. The molecule has 0 aliphatic carbocycles. The molecule has 0 fully saturated rings. The molecule has 6 heteroatoms. The lowest BCUT2D eigenvalue weighted by molar-refractivity contribution is 0.178. The van der Waals surface area contributed by atoms with Crippen molar-refractivity contribution in [3.05, 3.63) is 75.8 Å². The van der Waals surface area contributed by atoms with E-state index in [0.717, 1.165) is 16.7 Å². The number of rotatable bonds is 4. The van der Waals surface area contributed by atoms with Crippen molar-refractivity contribution in [3.8, 4) is 11.3 Å². The SMILES string of the molecule is Cc1ccc(C(O)Cc2c(-c3ccncc3)nc3n(c2=O)CC(C)(C)N3)cc1. The summed E-state index contributed by atoms with van der Waals surface area (Å²) in [4.78, 5) is 22.1. The lowest BCUT2D eigenvalue weighted by Gasteiger charge is -2.16. The van der Waals surface area contributed by atoms with Gasteiger partial charge in [-0.3, -0.25) is 14.3 Å². The lowest BCUT2D eigenvalue weighted by Crippen LogP contribution is -2.30. The fourth-order valence-corrected chi connectivity index (χ4v) is 3.61. The number of fused-ring (bicyclic) bond motifs is 1. The average molecular weight is 376 g/mol. The third-order valence-corrected chi connectivity index (χ3v) is 5.08. The summed E-state index contributed by atoms with van der Waals surface area (Å²) in [7, 11) is 0. The maximum absolute atomic E-state index is 13.3. The Morgan fingerprint density at radius 2 is 1.86 bits per heavy atom. The van der Waals surface area contributed by atoms with Crippen LogP contribution in [0.3, 0.4) is 0 Å². The molecule has 1 unspecified atom stereocenters. The Balaban J connectivity index is 1.81. The third-order valence-electron chi connectivity index (χ3n) is 5.08. The van der Waals surface area contributed by atoms with E-state index in [-0.39, 0.29) is 17.5 Å². The number of nitrogens with one attached hydrogen (secondary N) is 1. The predicted octanol–water partition coefficient (Wildman–Crippen LogP) is 3.09. The van der Waals surface area contributed by atoms with E-state index in [1.165, 1.54) is 0 Å². The Kier molecular flexibility index (Phi) is 4.51. The van der Waals surface area contributed by atoms with Crippen molar-refractivity contribution in [2.75, 3.05) is 5.32 Å². The molecular weight excluding hydrogens is 352 g/mol. The first-order valence-electron chi connectivity index (χ1n) is 9.41. The van der Waals surface area contributed by atoms with Crippen LogP contribution in [-0.2, 0) is 13.0 Å². The Labute approximate surface area is 163 Å². The van der Waals surface area contributed by atoms with Crippen LogP contribution in [0.5, 0.6) is 0 Å². The molecule has 1 atom stereocenters. The largest absolute Gasteiger partial charge is 0.388 e. The van der Waals surface area contributed by atoms with Crippen LogP contribution in [0, 0.1) is 6.92 Å². The van der Waals surface area contributed by atoms with Crippen molar-refractivity contribution in [2.45, 2.75) is 45.4 Å². The zero-order valence-corrected chi connectivity index (χ0v) is 16.3. The third kappa shape index (κ3) is 3.43. The van der Waals surface area contributed by atoms with Crippen molar-refractivity contribution in [3.63, 3.8) is 0 Å². The minimum atomic E-state index is -0.781. The van der Waals surface area contributed by atoms with E-state index in [2.05, 4.69) is 10.3 Å². The van der Waals surface area contributed by atoms with Crippen LogP contribution < -0.4 is 10.9 Å². The van der Waals surface area contributed by atoms with Gasteiger partial charge in [0, 0.05) is 29.9 Å². The van der Waals surface area contributed by atoms with Gasteiger partial charge in [-0.05, 0) is 38.5 Å². The van der Waals surface area contributed by atoms with Crippen molar-refractivity contribution in [2.24, 2.45) is 0 Å². The molecule has 1 aliphatic rings. The zero-order valence-electron chi connectivity index (χ0n) is 16.3. The van der Waals surface area contributed by atoms with Gasteiger partial charge in [0.05, 0.1) is 23.9 Å². The monoisotopic (exact) mass is 376 g/mol. The molecule has 3 heterocycles. The second-order valence-corrected chi connectivity index (χ2v) is 8.03. The number of pyridine rings is 1. The van der Waals surface area contributed by atoms with E-state index in [9.17, 15) is 9.90 Å². The molecule has 0 amide bonds. The second kappa shape index (κ2) is 6.87. The van der Waals surface area contributed by atoms with Crippen molar-refractivity contribution in [1.29, 1.82) is 0 Å². The maximum Gasteiger partial charge on any atom is 0.258 e. The van der Waals surface area contributed by atoms with Crippen molar-refractivity contribution < 1.29 is 5.11 Å². The van der Waals surface area contributed by atoms with Gasteiger partial charge in [-0.1, -0.05) is 29.8 Å². The van der Waals surface area contributed by atoms with Crippen LogP contribution in [0.2, 0.25) is 0 Å². The molecule has 2 N–H and O–H groups in total. The van der Waals surface area contributed by atoms with Gasteiger partial charge in [0.1, 0.15) is 0 Å². The van der Waals surface area contributed by atoms with Crippen LogP contribution in [0.1, 0.15) is 36.6 Å². The number of hydrogen-bond donors (Lipinski definition) is 2. The molecule has 1 aliphatic heterocycles. The molecule has 0 radical (unpaired) electrons. The summed E-state index contributed by atoms with van der Waals surface area (Å²) >= 11 is 0. The summed E-state index contributed by atoms with van der Waals surface area (Å²) in [6.45, 7) is 6.61. The molecule has 0 bridgehead atoms.